The van der Waals surface area contributed by atoms with Gasteiger partial charge in [0.05, 0.1) is 29.7 Å². The Morgan fingerprint density at radius 1 is 1.17 bits per heavy atom. The van der Waals surface area contributed by atoms with Gasteiger partial charge in [0.25, 0.3) is 0 Å². The summed E-state index contributed by atoms with van der Waals surface area (Å²) in [4.78, 5) is 4.27. The van der Waals surface area contributed by atoms with E-state index in [0.717, 1.165) is 28.2 Å². The highest BCUT2D eigenvalue weighted by molar-refractivity contribution is 6.35. The average Bonchev–Trinajstić information content (AvgIpc) is 2.92. The van der Waals surface area contributed by atoms with E-state index in [1.54, 1.807) is 4.68 Å². The van der Waals surface area contributed by atoms with Crippen molar-refractivity contribution in [3.05, 3.63) is 46.1 Å². The predicted octanol–water partition coefficient (Wildman–Crippen LogP) is 3.18. The highest BCUT2D eigenvalue weighted by Crippen LogP contribution is 2.30. The van der Waals surface area contributed by atoms with Crippen molar-refractivity contribution in [2.75, 3.05) is 0 Å². The molecule has 0 aliphatic heterocycles. The molecule has 5 nitrogen and oxygen atoms in total. The minimum Gasteiger partial charge on any atom is -0.389 e. The minimum atomic E-state index is -0.570. The van der Waals surface area contributed by atoms with Crippen LogP contribution in [0.2, 0.25) is 5.02 Å². The zero-order chi connectivity index (χ0) is 16.7. The lowest BCUT2D eigenvalue weighted by molar-refractivity contribution is 0.130. The van der Waals surface area contributed by atoms with Gasteiger partial charge in [-0.2, -0.15) is 5.10 Å². The number of aliphatic hydroxyl groups is 1. The van der Waals surface area contributed by atoms with Crippen LogP contribution in [0.25, 0.3) is 10.9 Å². The molecule has 0 fully saturated rings. The Morgan fingerprint density at radius 3 is 2.57 bits per heavy atom. The molecule has 3 aromatic rings. The molecule has 2 heterocycles. The third-order valence-electron chi connectivity index (χ3n) is 4.35. The molecule has 23 heavy (non-hydrogen) atoms. The maximum Gasteiger partial charge on any atom is 0.147 e. The summed E-state index contributed by atoms with van der Waals surface area (Å²) in [6.07, 6.45) is -0.570. The van der Waals surface area contributed by atoms with Crippen LogP contribution in [0.1, 0.15) is 22.9 Å². The van der Waals surface area contributed by atoms with E-state index in [0.29, 0.717) is 18.1 Å². The first-order chi connectivity index (χ1) is 10.9. The van der Waals surface area contributed by atoms with Crippen molar-refractivity contribution in [1.82, 2.24) is 19.3 Å². The number of hydrogen-bond donors (Lipinski definition) is 1. The lowest BCUT2D eigenvalue weighted by Crippen LogP contribution is -2.24. The van der Waals surface area contributed by atoms with E-state index >= 15 is 0 Å². The van der Waals surface area contributed by atoms with Crippen molar-refractivity contribution >= 4 is 22.5 Å². The Kier molecular flexibility index (Phi) is 4.17. The maximum atomic E-state index is 10.5. The van der Waals surface area contributed by atoms with Crippen molar-refractivity contribution in [3.8, 4) is 0 Å². The van der Waals surface area contributed by atoms with Crippen molar-refractivity contribution in [3.63, 3.8) is 0 Å². The molecule has 3 rings (SSSR count). The van der Waals surface area contributed by atoms with E-state index in [2.05, 4.69) is 34.6 Å². The molecule has 0 aliphatic rings. The van der Waals surface area contributed by atoms with Gasteiger partial charge in [0, 0.05) is 11.1 Å². The topological polar surface area (TPSA) is 55.9 Å². The monoisotopic (exact) mass is 332 g/mol. The number of para-hydroxylation sites is 1. The molecule has 0 spiro atoms. The number of aryl methyl sites for hydroxylation is 3. The molecule has 1 unspecified atom stereocenters. The number of benzene rings is 1. The van der Waals surface area contributed by atoms with E-state index < -0.39 is 6.10 Å². The average molecular weight is 333 g/mol. The zero-order valence-electron chi connectivity index (χ0n) is 13.8. The van der Waals surface area contributed by atoms with Crippen LogP contribution in [-0.4, -0.2) is 30.5 Å². The fourth-order valence-electron chi connectivity index (χ4n) is 3.09. The third-order valence-corrected chi connectivity index (χ3v) is 4.65. The van der Waals surface area contributed by atoms with Crippen LogP contribution in [0.5, 0.6) is 0 Å². The molecule has 2 aromatic heterocycles. The second kappa shape index (κ2) is 5.98. The molecule has 1 N–H and O–H groups in total. The van der Waals surface area contributed by atoms with Gasteiger partial charge in [-0.05, 0) is 39.3 Å². The maximum absolute atomic E-state index is 10.5. The van der Waals surface area contributed by atoms with Gasteiger partial charge in [-0.15, -0.1) is 0 Å². The molecule has 6 heteroatoms. The Balaban J connectivity index is 1.92. The Hall–Kier alpha value is -1.85. The van der Waals surface area contributed by atoms with E-state index in [1.165, 1.54) is 5.56 Å². The van der Waals surface area contributed by atoms with Crippen LogP contribution in [0.3, 0.4) is 0 Å². The highest BCUT2D eigenvalue weighted by Gasteiger charge is 2.17. The number of aromatic nitrogens is 4. The van der Waals surface area contributed by atoms with Crippen LogP contribution in [0, 0.1) is 27.7 Å². The van der Waals surface area contributed by atoms with Crippen LogP contribution in [0.4, 0.5) is 0 Å². The molecule has 0 saturated carbocycles. The number of nitrogens with zero attached hydrogens (tertiary/aromatic N) is 4. The van der Waals surface area contributed by atoms with Gasteiger partial charge in [-0.3, -0.25) is 0 Å². The van der Waals surface area contributed by atoms with Gasteiger partial charge in [0.2, 0.25) is 0 Å². The fourth-order valence-corrected chi connectivity index (χ4v) is 3.36. The standard InChI is InChI=1S/C17H21ClN4O/c1-10-11(2)21(17-15(10)6-5-7-16(17)18)8-14(23)9-22-13(4)19-12(3)20-22/h5-7,14,23H,8-9H2,1-4H3. The second-order valence-corrected chi connectivity index (χ2v) is 6.41. The molecule has 0 amide bonds. The molecular weight excluding hydrogens is 312 g/mol. The lowest BCUT2D eigenvalue weighted by atomic mass is 10.2. The van der Waals surface area contributed by atoms with Gasteiger partial charge in [-0.1, -0.05) is 23.7 Å². The normalized spacial score (nSPS) is 13.0. The first-order valence-corrected chi connectivity index (χ1v) is 8.06. The number of fused-ring (bicyclic) bond motifs is 1. The van der Waals surface area contributed by atoms with Crippen molar-refractivity contribution in [2.45, 2.75) is 46.9 Å². The minimum absolute atomic E-state index is 0.412. The number of aliphatic hydroxyl groups excluding tert-OH is 1. The number of rotatable bonds is 4. The molecule has 0 aliphatic carbocycles. The van der Waals surface area contributed by atoms with Crippen LogP contribution < -0.4 is 0 Å². The lowest BCUT2D eigenvalue weighted by Gasteiger charge is -2.15. The number of hydrogen-bond acceptors (Lipinski definition) is 3. The molecule has 0 radical (unpaired) electrons. The van der Waals surface area contributed by atoms with E-state index in [4.69, 9.17) is 11.6 Å². The smallest absolute Gasteiger partial charge is 0.147 e. The van der Waals surface area contributed by atoms with Gasteiger partial charge in [-0.25, -0.2) is 9.67 Å². The Labute approximate surface area is 140 Å². The SMILES string of the molecule is Cc1nc(C)n(CC(O)Cn2c(C)c(C)c3cccc(Cl)c32)n1. The molecule has 1 atom stereocenters. The summed E-state index contributed by atoms with van der Waals surface area (Å²) >= 11 is 6.39. The molecule has 122 valence electrons. The zero-order valence-corrected chi connectivity index (χ0v) is 14.6. The second-order valence-electron chi connectivity index (χ2n) is 6.00. The van der Waals surface area contributed by atoms with Crippen LogP contribution in [-0.2, 0) is 13.1 Å². The van der Waals surface area contributed by atoms with Gasteiger partial charge in [0.1, 0.15) is 11.6 Å². The van der Waals surface area contributed by atoms with Crippen molar-refractivity contribution < 1.29 is 5.11 Å². The summed E-state index contributed by atoms with van der Waals surface area (Å²) < 4.78 is 3.84. The van der Waals surface area contributed by atoms with Gasteiger partial charge >= 0.3 is 0 Å². The first-order valence-electron chi connectivity index (χ1n) is 7.68. The summed E-state index contributed by atoms with van der Waals surface area (Å²) in [6, 6.07) is 5.91. The van der Waals surface area contributed by atoms with E-state index in [1.807, 2.05) is 26.0 Å². The fraction of sp³-hybridized carbons (Fsp3) is 0.412. The predicted molar refractivity (Wildman–Crippen MR) is 91.9 cm³/mol. The van der Waals surface area contributed by atoms with E-state index in [-0.39, 0.29) is 0 Å². The molecule has 0 bridgehead atoms. The highest BCUT2D eigenvalue weighted by atomic mass is 35.5. The molecule has 0 saturated heterocycles. The first kappa shape index (κ1) is 16.0. The Morgan fingerprint density at radius 2 is 1.91 bits per heavy atom. The number of halogens is 1. The van der Waals surface area contributed by atoms with Gasteiger partial charge < -0.3 is 9.67 Å². The summed E-state index contributed by atoms with van der Waals surface area (Å²) in [5, 5.41) is 16.7. The molecule has 1 aromatic carbocycles. The summed E-state index contributed by atoms with van der Waals surface area (Å²) in [5.74, 6) is 1.53. The quantitative estimate of drug-likeness (QED) is 0.798. The summed E-state index contributed by atoms with van der Waals surface area (Å²) in [5.41, 5.74) is 3.30. The van der Waals surface area contributed by atoms with Gasteiger partial charge in [0.15, 0.2) is 0 Å². The van der Waals surface area contributed by atoms with Crippen molar-refractivity contribution in [2.24, 2.45) is 0 Å². The molecular formula is C17H21ClN4O. The van der Waals surface area contributed by atoms with Crippen molar-refractivity contribution in [1.29, 1.82) is 0 Å². The third kappa shape index (κ3) is 2.86. The van der Waals surface area contributed by atoms with Crippen LogP contribution in [0.15, 0.2) is 18.2 Å². The largest absolute Gasteiger partial charge is 0.389 e. The summed E-state index contributed by atoms with van der Waals surface area (Å²) in [6.45, 7) is 8.77. The van der Waals surface area contributed by atoms with E-state index in [9.17, 15) is 5.11 Å². The van der Waals surface area contributed by atoms with Crippen LogP contribution >= 0.6 is 11.6 Å². The summed E-state index contributed by atoms with van der Waals surface area (Å²) in [7, 11) is 0. The Bertz CT molecular complexity index is 865.